The summed E-state index contributed by atoms with van der Waals surface area (Å²) in [6, 6.07) is 16.3. The van der Waals surface area contributed by atoms with Gasteiger partial charge in [0.2, 0.25) is 11.8 Å². The number of nitrogens with one attached hydrogen (secondary N) is 1. The summed E-state index contributed by atoms with van der Waals surface area (Å²) in [5.74, 6) is 0.502. The van der Waals surface area contributed by atoms with E-state index in [1.807, 2.05) is 0 Å². The molecule has 0 saturated carbocycles. The molecule has 0 aliphatic rings. The molecule has 1 heterocycles. The zero-order valence-corrected chi connectivity index (χ0v) is 14.6. The lowest BCUT2D eigenvalue weighted by atomic mass is 10.1. The molecule has 3 aromatic rings. The lowest BCUT2D eigenvalue weighted by molar-refractivity contribution is 0.396. The SMILES string of the molecule is COc1nc(Nc2ccc(Cl)cc2)nc(-c2ccc(Cl)cc2)c1C#N. The minimum absolute atomic E-state index is 0.193. The van der Waals surface area contributed by atoms with E-state index in [0.29, 0.717) is 21.7 Å². The molecule has 5 nitrogen and oxygen atoms in total. The van der Waals surface area contributed by atoms with Crippen molar-refractivity contribution < 1.29 is 4.74 Å². The van der Waals surface area contributed by atoms with Crippen LogP contribution < -0.4 is 10.1 Å². The molecule has 124 valence electrons. The van der Waals surface area contributed by atoms with Crippen LogP contribution in [0, 0.1) is 11.3 Å². The summed E-state index contributed by atoms with van der Waals surface area (Å²) in [6.45, 7) is 0. The van der Waals surface area contributed by atoms with E-state index >= 15 is 0 Å². The summed E-state index contributed by atoms with van der Waals surface area (Å²) in [7, 11) is 1.46. The molecular formula is C18H12Cl2N4O. The Balaban J connectivity index is 2.08. The molecule has 7 heteroatoms. The van der Waals surface area contributed by atoms with E-state index in [1.54, 1.807) is 48.5 Å². The van der Waals surface area contributed by atoms with Crippen molar-refractivity contribution in [2.24, 2.45) is 0 Å². The van der Waals surface area contributed by atoms with E-state index < -0.39 is 0 Å². The van der Waals surface area contributed by atoms with Gasteiger partial charge in [-0.05, 0) is 36.4 Å². The van der Waals surface area contributed by atoms with Crippen molar-refractivity contribution in [3.05, 3.63) is 64.1 Å². The fourth-order valence-electron chi connectivity index (χ4n) is 2.22. The molecule has 1 N–H and O–H groups in total. The van der Waals surface area contributed by atoms with E-state index in [1.165, 1.54) is 7.11 Å². The van der Waals surface area contributed by atoms with Crippen molar-refractivity contribution >= 4 is 34.8 Å². The third-order valence-corrected chi connectivity index (χ3v) is 3.90. The van der Waals surface area contributed by atoms with Gasteiger partial charge < -0.3 is 10.1 Å². The van der Waals surface area contributed by atoms with Crippen molar-refractivity contribution in [2.75, 3.05) is 12.4 Å². The number of nitriles is 1. The van der Waals surface area contributed by atoms with Crippen molar-refractivity contribution in [1.29, 1.82) is 5.26 Å². The van der Waals surface area contributed by atoms with Crippen LogP contribution in [-0.2, 0) is 0 Å². The lowest BCUT2D eigenvalue weighted by Gasteiger charge is -2.11. The second-order valence-corrected chi connectivity index (χ2v) is 5.90. The fraction of sp³-hybridized carbons (Fsp3) is 0.0556. The highest BCUT2D eigenvalue weighted by atomic mass is 35.5. The molecule has 0 aliphatic heterocycles. The van der Waals surface area contributed by atoms with Crippen LogP contribution in [-0.4, -0.2) is 17.1 Å². The molecule has 0 fully saturated rings. The Hall–Kier alpha value is -2.81. The standard InChI is InChI=1S/C18H12Cl2N4O/c1-25-17-15(10-21)16(11-2-4-12(19)5-3-11)23-18(24-17)22-14-8-6-13(20)7-9-14/h2-9H,1H3,(H,22,23,24). The maximum Gasteiger partial charge on any atom is 0.237 e. The Morgan fingerprint density at radius 3 is 2.12 bits per heavy atom. The first-order chi connectivity index (χ1) is 12.1. The topological polar surface area (TPSA) is 70.8 Å². The van der Waals surface area contributed by atoms with Gasteiger partial charge in [0.25, 0.3) is 0 Å². The molecule has 0 saturated heterocycles. The Morgan fingerprint density at radius 1 is 0.960 bits per heavy atom. The van der Waals surface area contributed by atoms with Crippen molar-refractivity contribution in [2.45, 2.75) is 0 Å². The number of hydrogen-bond donors (Lipinski definition) is 1. The highest BCUT2D eigenvalue weighted by Crippen LogP contribution is 2.30. The third-order valence-electron chi connectivity index (χ3n) is 3.40. The molecule has 0 atom stereocenters. The summed E-state index contributed by atoms with van der Waals surface area (Å²) < 4.78 is 5.26. The van der Waals surface area contributed by atoms with Crippen LogP contribution in [0.2, 0.25) is 10.0 Å². The smallest absolute Gasteiger partial charge is 0.237 e. The second kappa shape index (κ2) is 7.39. The fourth-order valence-corrected chi connectivity index (χ4v) is 2.48. The van der Waals surface area contributed by atoms with E-state index in [9.17, 15) is 5.26 Å². The average molecular weight is 371 g/mol. The van der Waals surface area contributed by atoms with Crippen molar-refractivity contribution in [1.82, 2.24) is 9.97 Å². The second-order valence-electron chi connectivity index (χ2n) is 5.03. The highest BCUT2D eigenvalue weighted by Gasteiger charge is 2.17. The predicted octanol–water partition coefficient (Wildman–Crippen LogP) is 5.07. The van der Waals surface area contributed by atoms with Crippen LogP contribution in [0.25, 0.3) is 11.3 Å². The predicted molar refractivity (Wildman–Crippen MR) is 98.5 cm³/mol. The average Bonchev–Trinajstić information content (AvgIpc) is 2.63. The van der Waals surface area contributed by atoms with Gasteiger partial charge in [0.15, 0.2) is 0 Å². The summed E-state index contributed by atoms with van der Waals surface area (Å²) in [5.41, 5.74) is 2.22. The molecule has 0 unspecified atom stereocenters. The number of ether oxygens (including phenoxy) is 1. The lowest BCUT2D eigenvalue weighted by Crippen LogP contribution is -2.04. The quantitative estimate of drug-likeness (QED) is 0.693. The van der Waals surface area contributed by atoms with Crippen LogP contribution >= 0.6 is 23.2 Å². The highest BCUT2D eigenvalue weighted by molar-refractivity contribution is 6.30. The first-order valence-corrected chi connectivity index (χ1v) is 8.01. The summed E-state index contributed by atoms with van der Waals surface area (Å²) in [5, 5.41) is 13.8. The zero-order valence-electron chi connectivity index (χ0n) is 13.1. The van der Waals surface area contributed by atoms with Crippen LogP contribution in [0.15, 0.2) is 48.5 Å². The molecule has 0 amide bonds. The molecular weight excluding hydrogens is 359 g/mol. The zero-order chi connectivity index (χ0) is 17.8. The van der Waals surface area contributed by atoms with Gasteiger partial charge in [-0.25, -0.2) is 4.98 Å². The Morgan fingerprint density at radius 2 is 1.56 bits per heavy atom. The van der Waals surface area contributed by atoms with Gasteiger partial charge in [-0.1, -0.05) is 35.3 Å². The number of nitrogens with zero attached hydrogens (tertiary/aromatic N) is 3. The van der Waals surface area contributed by atoms with E-state index in [2.05, 4.69) is 21.4 Å². The molecule has 25 heavy (non-hydrogen) atoms. The van der Waals surface area contributed by atoms with Crippen LogP contribution in [0.4, 0.5) is 11.6 Å². The third kappa shape index (κ3) is 3.82. The van der Waals surface area contributed by atoms with Gasteiger partial charge >= 0.3 is 0 Å². The summed E-state index contributed by atoms with van der Waals surface area (Å²) in [4.78, 5) is 8.73. The van der Waals surface area contributed by atoms with Crippen molar-refractivity contribution in [3.63, 3.8) is 0 Å². The number of halogens is 2. The maximum atomic E-state index is 9.49. The van der Waals surface area contributed by atoms with E-state index in [4.69, 9.17) is 27.9 Å². The van der Waals surface area contributed by atoms with E-state index in [0.717, 1.165) is 11.3 Å². The first kappa shape index (κ1) is 17.0. The molecule has 0 aliphatic carbocycles. The Bertz CT molecular complexity index is 935. The summed E-state index contributed by atoms with van der Waals surface area (Å²) >= 11 is 11.8. The van der Waals surface area contributed by atoms with Gasteiger partial charge in [0.05, 0.1) is 12.8 Å². The molecule has 3 rings (SSSR count). The summed E-state index contributed by atoms with van der Waals surface area (Å²) in [6.07, 6.45) is 0. The van der Waals surface area contributed by atoms with Gasteiger partial charge in [0, 0.05) is 21.3 Å². The number of anilines is 2. The largest absolute Gasteiger partial charge is 0.480 e. The van der Waals surface area contributed by atoms with Crippen LogP contribution in [0.1, 0.15) is 5.56 Å². The molecule has 0 spiro atoms. The molecule has 0 radical (unpaired) electrons. The Labute approximate surface area is 154 Å². The number of aromatic nitrogens is 2. The van der Waals surface area contributed by atoms with Gasteiger partial charge in [-0.3, -0.25) is 0 Å². The van der Waals surface area contributed by atoms with Gasteiger partial charge in [0.1, 0.15) is 11.6 Å². The molecule has 1 aromatic heterocycles. The van der Waals surface area contributed by atoms with Gasteiger partial charge in [-0.15, -0.1) is 0 Å². The Kier molecular flexibility index (Phi) is 5.03. The number of rotatable bonds is 4. The van der Waals surface area contributed by atoms with Crippen molar-refractivity contribution in [3.8, 4) is 23.2 Å². The number of methoxy groups -OCH3 is 1. The first-order valence-electron chi connectivity index (χ1n) is 7.25. The normalized spacial score (nSPS) is 10.2. The van der Waals surface area contributed by atoms with Gasteiger partial charge in [-0.2, -0.15) is 10.2 Å². The van der Waals surface area contributed by atoms with Crippen LogP contribution in [0.5, 0.6) is 5.88 Å². The van der Waals surface area contributed by atoms with E-state index in [-0.39, 0.29) is 11.4 Å². The monoisotopic (exact) mass is 370 g/mol. The molecule has 0 bridgehead atoms. The van der Waals surface area contributed by atoms with Crippen LogP contribution in [0.3, 0.4) is 0 Å². The number of hydrogen-bond acceptors (Lipinski definition) is 5. The number of benzene rings is 2. The molecule has 2 aromatic carbocycles. The minimum Gasteiger partial charge on any atom is -0.480 e. The minimum atomic E-state index is 0.193. The maximum absolute atomic E-state index is 9.49.